The first kappa shape index (κ1) is 23.8. The van der Waals surface area contributed by atoms with Crippen molar-refractivity contribution in [2.75, 3.05) is 6.54 Å². The minimum absolute atomic E-state index is 0.0800. The van der Waals surface area contributed by atoms with Crippen LogP contribution in [0.5, 0.6) is 0 Å². The number of sulfone groups is 1. The number of aromatic nitrogens is 1. The van der Waals surface area contributed by atoms with E-state index in [4.69, 9.17) is 0 Å². The maximum Gasteiger partial charge on any atom is 0.256 e. The Bertz CT molecular complexity index is 1570. The molecule has 36 heavy (non-hydrogen) atoms. The number of nitrogens with zero attached hydrogens (tertiary/aromatic N) is 1. The largest absolute Gasteiger partial charge is 0.361 e. The molecule has 1 N–H and O–H groups in total. The minimum atomic E-state index is -4.01. The molecule has 1 fully saturated rings. The molecule has 0 radical (unpaired) electrons. The van der Waals surface area contributed by atoms with Crippen molar-refractivity contribution in [1.29, 1.82) is 0 Å². The number of aryl methyl sites for hydroxylation is 1. The molecule has 0 bridgehead atoms. The van der Waals surface area contributed by atoms with Crippen LogP contribution in [-0.4, -0.2) is 41.9 Å². The van der Waals surface area contributed by atoms with Gasteiger partial charge in [-0.3, -0.25) is 14.5 Å². The van der Waals surface area contributed by atoms with Gasteiger partial charge in [-0.2, -0.15) is 0 Å². The average molecular weight is 499 g/mol. The number of piperidine rings is 1. The van der Waals surface area contributed by atoms with E-state index in [1.54, 1.807) is 18.2 Å². The number of aromatic amines is 1. The zero-order valence-corrected chi connectivity index (χ0v) is 20.7. The Kier molecular flexibility index (Phi) is 6.33. The molecule has 4 aromatic rings. The number of nitrogens with one attached hydrogen (secondary N) is 1. The van der Waals surface area contributed by atoms with Crippen LogP contribution < -0.4 is 0 Å². The second-order valence-corrected chi connectivity index (χ2v) is 11.2. The van der Waals surface area contributed by atoms with E-state index >= 15 is 0 Å². The summed E-state index contributed by atoms with van der Waals surface area (Å²) in [6, 6.07) is 23.5. The highest BCUT2D eigenvalue weighted by Gasteiger charge is 2.44. The summed E-state index contributed by atoms with van der Waals surface area (Å²) in [5.41, 5.74) is 3.93. The van der Waals surface area contributed by atoms with Crippen molar-refractivity contribution < 1.29 is 18.0 Å². The fraction of sp³-hybridized carbons (Fsp3) is 0.172. The third kappa shape index (κ3) is 4.50. The number of hydrogen-bond donors (Lipinski definition) is 1. The third-order valence-corrected chi connectivity index (χ3v) is 8.66. The third-order valence-electron chi connectivity index (χ3n) is 6.61. The number of amides is 2. The number of rotatable bonds is 6. The quantitative estimate of drug-likeness (QED) is 0.308. The van der Waals surface area contributed by atoms with E-state index in [2.05, 4.69) is 4.98 Å². The number of carbonyl (C=O) groups excluding carboxylic acids is 2. The van der Waals surface area contributed by atoms with Gasteiger partial charge in [0.15, 0.2) is 9.84 Å². The molecule has 6 nitrogen and oxygen atoms in total. The number of para-hydroxylation sites is 1. The number of likely N-dealkylation sites (tertiary alicyclic amines) is 1. The van der Waals surface area contributed by atoms with Crippen LogP contribution in [-0.2, 0) is 25.8 Å². The smallest absolute Gasteiger partial charge is 0.256 e. The second-order valence-electron chi connectivity index (χ2n) is 9.04. The lowest BCUT2D eigenvalue weighted by Crippen LogP contribution is -2.52. The van der Waals surface area contributed by atoms with E-state index in [0.29, 0.717) is 12.0 Å². The number of imide groups is 1. The summed E-state index contributed by atoms with van der Waals surface area (Å²) in [5, 5.41) is -0.353. The number of benzene rings is 3. The molecule has 1 aliphatic heterocycles. The Labute approximate surface area is 210 Å². The summed E-state index contributed by atoms with van der Waals surface area (Å²) in [5.74, 6) is -1.12. The predicted octanol–water partition coefficient (Wildman–Crippen LogP) is 4.70. The molecule has 1 atom stereocenters. The molecule has 5 rings (SSSR count). The zero-order valence-electron chi connectivity index (χ0n) is 19.8. The van der Waals surface area contributed by atoms with Crippen LogP contribution in [0.15, 0.2) is 95.5 Å². The maximum atomic E-state index is 13.6. The van der Waals surface area contributed by atoms with E-state index in [-0.39, 0.29) is 17.9 Å². The first-order valence-electron chi connectivity index (χ1n) is 11.8. The van der Waals surface area contributed by atoms with Crippen molar-refractivity contribution in [2.45, 2.75) is 29.9 Å². The van der Waals surface area contributed by atoms with Crippen molar-refractivity contribution in [3.63, 3.8) is 0 Å². The van der Waals surface area contributed by atoms with Crippen LogP contribution in [0.4, 0.5) is 0 Å². The van der Waals surface area contributed by atoms with Crippen molar-refractivity contribution >= 4 is 38.6 Å². The van der Waals surface area contributed by atoms with Crippen LogP contribution >= 0.6 is 0 Å². The predicted molar refractivity (Wildman–Crippen MR) is 140 cm³/mol. The summed E-state index contributed by atoms with van der Waals surface area (Å²) in [6.45, 7) is 1.96. The van der Waals surface area contributed by atoms with E-state index in [0.717, 1.165) is 32.5 Å². The molecule has 1 unspecified atom stereocenters. The summed E-state index contributed by atoms with van der Waals surface area (Å²) in [6.07, 6.45) is 3.81. The van der Waals surface area contributed by atoms with Gasteiger partial charge in [-0.1, -0.05) is 66.2 Å². The van der Waals surface area contributed by atoms with Crippen molar-refractivity contribution in [3.05, 3.63) is 107 Å². The lowest BCUT2D eigenvalue weighted by Gasteiger charge is -2.32. The monoisotopic (exact) mass is 498 g/mol. The molecule has 3 aromatic carbocycles. The molecular weight excluding hydrogens is 472 g/mol. The molecule has 0 spiro atoms. The van der Waals surface area contributed by atoms with Gasteiger partial charge in [0.25, 0.3) is 5.91 Å². The van der Waals surface area contributed by atoms with E-state index in [1.165, 1.54) is 12.1 Å². The summed E-state index contributed by atoms with van der Waals surface area (Å²) < 4.78 is 27.2. The highest BCUT2D eigenvalue weighted by atomic mass is 32.2. The van der Waals surface area contributed by atoms with Gasteiger partial charge in [0, 0.05) is 35.6 Å². The van der Waals surface area contributed by atoms with Gasteiger partial charge in [-0.05, 0) is 48.7 Å². The Morgan fingerprint density at radius 2 is 1.64 bits per heavy atom. The Hall–Kier alpha value is -3.97. The number of hydrogen-bond acceptors (Lipinski definition) is 4. The standard InChI is InChI=1S/C29H26N2O4S/c1-20-11-13-24(14-12-20)36(34,35)27-18-23(17-21-7-3-2-4-8-21)28(32)31(29(27)33)16-15-22-19-30-26-10-6-5-9-25(22)26/h2-14,17,19,27,30H,15-16,18H2,1H3/b23-17+. The molecule has 2 heterocycles. The SMILES string of the molecule is Cc1ccc(S(=O)(=O)C2C/C(=C\c3ccccc3)C(=O)N(CCc3c[nH]c4ccccc34)C2=O)cc1. The van der Waals surface area contributed by atoms with E-state index in [1.807, 2.05) is 67.7 Å². The Morgan fingerprint density at radius 3 is 2.39 bits per heavy atom. The molecule has 1 aromatic heterocycles. The fourth-order valence-corrected chi connectivity index (χ4v) is 6.25. The first-order valence-corrected chi connectivity index (χ1v) is 13.4. The fourth-order valence-electron chi connectivity index (χ4n) is 4.61. The number of H-pyrrole nitrogens is 1. The van der Waals surface area contributed by atoms with Crippen molar-refractivity contribution in [2.24, 2.45) is 0 Å². The highest BCUT2D eigenvalue weighted by Crippen LogP contribution is 2.30. The van der Waals surface area contributed by atoms with Gasteiger partial charge in [0.05, 0.1) is 4.90 Å². The molecule has 0 saturated carbocycles. The Balaban J connectivity index is 1.51. The zero-order chi connectivity index (χ0) is 25.3. The lowest BCUT2D eigenvalue weighted by atomic mass is 9.99. The highest BCUT2D eigenvalue weighted by molar-refractivity contribution is 7.92. The molecular formula is C29H26N2O4S. The minimum Gasteiger partial charge on any atom is -0.361 e. The van der Waals surface area contributed by atoms with Gasteiger partial charge in [-0.15, -0.1) is 0 Å². The molecule has 1 saturated heterocycles. The molecule has 7 heteroatoms. The van der Waals surface area contributed by atoms with Crippen molar-refractivity contribution in [3.8, 4) is 0 Å². The molecule has 2 amide bonds. The van der Waals surface area contributed by atoms with Gasteiger partial charge < -0.3 is 4.98 Å². The maximum absolute atomic E-state index is 13.6. The van der Waals surface area contributed by atoms with Gasteiger partial charge in [0.2, 0.25) is 5.91 Å². The molecule has 182 valence electrons. The molecule has 1 aliphatic rings. The Morgan fingerprint density at radius 1 is 0.944 bits per heavy atom. The van der Waals surface area contributed by atoms with E-state index < -0.39 is 26.9 Å². The van der Waals surface area contributed by atoms with E-state index in [9.17, 15) is 18.0 Å². The van der Waals surface area contributed by atoms with Crippen LogP contribution in [0.3, 0.4) is 0 Å². The van der Waals surface area contributed by atoms with Crippen LogP contribution in [0.2, 0.25) is 0 Å². The van der Waals surface area contributed by atoms with Gasteiger partial charge in [-0.25, -0.2) is 8.42 Å². The first-order chi connectivity index (χ1) is 17.3. The van der Waals surface area contributed by atoms with Gasteiger partial charge in [0.1, 0.15) is 5.25 Å². The topological polar surface area (TPSA) is 87.3 Å². The van der Waals surface area contributed by atoms with Crippen LogP contribution in [0.25, 0.3) is 17.0 Å². The van der Waals surface area contributed by atoms with Gasteiger partial charge >= 0.3 is 0 Å². The molecule has 0 aliphatic carbocycles. The van der Waals surface area contributed by atoms with Crippen molar-refractivity contribution in [1.82, 2.24) is 9.88 Å². The lowest BCUT2D eigenvalue weighted by molar-refractivity contribution is -0.144. The van der Waals surface area contributed by atoms with Crippen LogP contribution in [0.1, 0.15) is 23.1 Å². The normalized spacial score (nSPS) is 17.8. The summed E-state index contributed by atoms with van der Waals surface area (Å²) in [7, 11) is -4.01. The second kappa shape index (κ2) is 9.59. The van der Waals surface area contributed by atoms with Crippen LogP contribution in [0, 0.1) is 6.92 Å². The average Bonchev–Trinajstić information content (AvgIpc) is 3.29. The summed E-state index contributed by atoms with van der Waals surface area (Å²) >= 11 is 0. The number of carbonyl (C=O) groups is 2. The number of fused-ring (bicyclic) bond motifs is 1. The summed E-state index contributed by atoms with van der Waals surface area (Å²) in [4.78, 5) is 31.4.